The molecule has 1 saturated carbocycles. The lowest BCUT2D eigenvalue weighted by Crippen LogP contribution is -2.35. The van der Waals surface area contributed by atoms with Crippen molar-refractivity contribution in [3.05, 3.63) is 63.6 Å². The zero-order valence-corrected chi connectivity index (χ0v) is 14.9. The zero-order valence-electron chi connectivity index (χ0n) is 14.9. The molecule has 0 N–H and O–H groups in total. The summed E-state index contributed by atoms with van der Waals surface area (Å²) >= 11 is 0. The number of alkyl halides is 3. The second-order valence-corrected chi connectivity index (χ2v) is 6.60. The number of halogens is 3. The summed E-state index contributed by atoms with van der Waals surface area (Å²) in [4.78, 5) is 26.1. The molecule has 0 unspecified atom stereocenters. The molecule has 3 rings (SSSR count). The molecule has 0 atom stereocenters. The van der Waals surface area contributed by atoms with Crippen LogP contribution in [0.2, 0.25) is 0 Å². The van der Waals surface area contributed by atoms with E-state index in [0.717, 1.165) is 18.9 Å². The molecular formula is C19H20F3N3O2. The average molecular weight is 379 g/mol. The van der Waals surface area contributed by atoms with Crippen molar-refractivity contribution >= 4 is 5.91 Å². The molecule has 1 heterocycles. The smallest absolute Gasteiger partial charge is 0.330 e. The lowest BCUT2D eigenvalue weighted by molar-refractivity contribution is -0.138. The molecular weight excluding hydrogens is 359 g/mol. The van der Waals surface area contributed by atoms with Crippen molar-refractivity contribution in [3.63, 3.8) is 0 Å². The minimum absolute atomic E-state index is 0.0483. The normalized spacial score (nSPS) is 14.2. The van der Waals surface area contributed by atoms with Crippen LogP contribution in [0.5, 0.6) is 0 Å². The fourth-order valence-electron chi connectivity index (χ4n) is 2.95. The molecule has 1 aliphatic rings. The summed E-state index contributed by atoms with van der Waals surface area (Å²) in [5.41, 5.74) is -0.937. The zero-order chi connectivity index (χ0) is 19.6. The maximum atomic E-state index is 13.3. The SMILES string of the molecule is CCCn1nc(C(=O)N(Cc2ccccc2C(F)(F)F)C2CC2)ccc1=O. The van der Waals surface area contributed by atoms with Crippen LogP contribution in [-0.2, 0) is 19.3 Å². The van der Waals surface area contributed by atoms with Crippen molar-refractivity contribution in [2.45, 2.75) is 51.5 Å². The monoisotopic (exact) mass is 379 g/mol. The Morgan fingerprint density at radius 2 is 1.93 bits per heavy atom. The number of aryl methyl sites for hydroxylation is 1. The van der Waals surface area contributed by atoms with E-state index in [-0.39, 0.29) is 29.4 Å². The molecule has 1 fully saturated rings. The van der Waals surface area contributed by atoms with Crippen LogP contribution in [-0.4, -0.2) is 26.6 Å². The summed E-state index contributed by atoms with van der Waals surface area (Å²) < 4.78 is 41.0. The maximum absolute atomic E-state index is 13.3. The molecule has 1 aromatic heterocycles. The van der Waals surface area contributed by atoms with Crippen LogP contribution in [0, 0.1) is 0 Å². The third-order valence-electron chi connectivity index (χ3n) is 4.43. The molecule has 0 spiro atoms. The van der Waals surface area contributed by atoms with Gasteiger partial charge >= 0.3 is 6.18 Å². The lowest BCUT2D eigenvalue weighted by atomic mass is 10.1. The van der Waals surface area contributed by atoms with Crippen LogP contribution in [0.3, 0.4) is 0 Å². The van der Waals surface area contributed by atoms with Gasteiger partial charge < -0.3 is 4.90 Å². The van der Waals surface area contributed by atoms with Gasteiger partial charge in [0.25, 0.3) is 11.5 Å². The first-order chi connectivity index (χ1) is 12.8. The fourth-order valence-corrected chi connectivity index (χ4v) is 2.95. The Labute approximate surface area is 154 Å². The van der Waals surface area contributed by atoms with Gasteiger partial charge in [0.15, 0.2) is 0 Å². The van der Waals surface area contributed by atoms with Crippen molar-refractivity contribution < 1.29 is 18.0 Å². The van der Waals surface area contributed by atoms with Crippen molar-refractivity contribution in [3.8, 4) is 0 Å². The van der Waals surface area contributed by atoms with Crippen molar-refractivity contribution in [1.29, 1.82) is 0 Å². The number of hydrogen-bond donors (Lipinski definition) is 0. The van der Waals surface area contributed by atoms with Crippen LogP contribution < -0.4 is 5.56 Å². The number of amides is 1. The van der Waals surface area contributed by atoms with E-state index in [1.54, 1.807) is 0 Å². The Bertz CT molecular complexity index is 888. The molecule has 0 saturated heterocycles. The minimum atomic E-state index is -4.48. The molecule has 0 bridgehead atoms. The molecule has 27 heavy (non-hydrogen) atoms. The Morgan fingerprint density at radius 1 is 1.22 bits per heavy atom. The number of rotatable bonds is 6. The summed E-state index contributed by atoms with van der Waals surface area (Å²) in [5.74, 6) is -0.459. The van der Waals surface area contributed by atoms with Crippen molar-refractivity contribution in [2.75, 3.05) is 0 Å². The predicted molar refractivity (Wildman–Crippen MR) is 93.1 cm³/mol. The van der Waals surface area contributed by atoms with Crippen LogP contribution >= 0.6 is 0 Å². The van der Waals surface area contributed by atoms with E-state index in [2.05, 4.69) is 5.10 Å². The van der Waals surface area contributed by atoms with Gasteiger partial charge in [-0.25, -0.2) is 4.68 Å². The Morgan fingerprint density at radius 3 is 2.56 bits per heavy atom. The van der Waals surface area contributed by atoms with Gasteiger partial charge in [-0.2, -0.15) is 18.3 Å². The Kier molecular flexibility index (Phi) is 5.34. The van der Waals surface area contributed by atoms with E-state index in [1.807, 2.05) is 6.92 Å². The molecule has 5 nitrogen and oxygen atoms in total. The summed E-state index contributed by atoms with van der Waals surface area (Å²) in [7, 11) is 0. The third-order valence-corrected chi connectivity index (χ3v) is 4.43. The predicted octanol–water partition coefficient (Wildman–Crippen LogP) is 3.48. The second kappa shape index (κ2) is 7.54. The van der Waals surface area contributed by atoms with E-state index >= 15 is 0 Å². The average Bonchev–Trinajstić information content (AvgIpc) is 3.45. The third kappa shape index (κ3) is 4.37. The van der Waals surface area contributed by atoms with Gasteiger partial charge in [-0.05, 0) is 37.0 Å². The van der Waals surface area contributed by atoms with E-state index in [9.17, 15) is 22.8 Å². The first kappa shape index (κ1) is 19.1. The van der Waals surface area contributed by atoms with Crippen LogP contribution in [0.1, 0.15) is 47.8 Å². The highest BCUT2D eigenvalue weighted by Crippen LogP contribution is 2.35. The minimum Gasteiger partial charge on any atom is -0.330 e. The van der Waals surface area contributed by atoms with Crippen LogP contribution in [0.15, 0.2) is 41.2 Å². The largest absolute Gasteiger partial charge is 0.416 e. The maximum Gasteiger partial charge on any atom is 0.416 e. The molecule has 0 aliphatic heterocycles. The standard InChI is InChI=1S/C19H20F3N3O2/c1-2-11-25-17(26)10-9-16(23-25)18(27)24(14-7-8-14)12-13-5-3-4-6-15(13)19(20,21)22/h3-6,9-10,14H,2,7-8,11-12H2,1H3. The Balaban J connectivity index is 1.91. The molecule has 8 heteroatoms. The van der Waals surface area contributed by atoms with E-state index in [1.165, 1.54) is 39.9 Å². The Hall–Kier alpha value is -2.64. The quantitative estimate of drug-likeness (QED) is 0.772. The summed E-state index contributed by atoms with van der Waals surface area (Å²) in [6.07, 6.45) is -2.32. The van der Waals surface area contributed by atoms with Gasteiger partial charge in [-0.15, -0.1) is 0 Å². The first-order valence-electron chi connectivity index (χ1n) is 8.85. The highest BCUT2D eigenvalue weighted by atomic mass is 19.4. The number of nitrogens with zero attached hydrogens (tertiary/aromatic N) is 3. The second-order valence-electron chi connectivity index (χ2n) is 6.60. The number of carbonyl (C=O) groups excluding carboxylic acids is 1. The van der Waals surface area contributed by atoms with Crippen LogP contribution in [0.25, 0.3) is 0 Å². The molecule has 1 aliphatic carbocycles. The van der Waals surface area contributed by atoms with Gasteiger partial charge in [0.05, 0.1) is 5.56 Å². The molecule has 1 aromatic carbocycles. The highest BCUT2D eigenvalue weighted by molar-refractivity contribution is 5.92. The fraction of sp³-hybridized carbons (Fsp3) is 0.421. The van der Waals surface area contributed by atoms with E-state index in [4.69, 9.17) is 0 Å². The first-order valence-corrected chi connectivity index (χ1v) is 8.85. The molecule has 0 radical (unpaired) electrons. The van der Waals surface area contributed by atoms with Gasteiger partial charge in [-0.3, -0.25) is 9.59 Å². The van der Waals surface area contributed by atoms with Crippen LogP contribution in [0.4, 0.5) is 13.2 Å². The topological polar surface area (TPSA) is 55.2 Å². The summed E-state index contributed by atoms with van der Waals surface area (Å²) in [6.45, 7) is 2.11. The van der Waals surface area contributed by atoms with E-state index < -0.39 is 17.6 Å². The number of aromatic nitrogens is 2. The van der Waals surface area contributed by atoms with Crippen molar-refractivity contribution in [1.82, 2.24) is 14.7 Å². The molecule has 144 valence electrons. The summed E-state index contributed by atoms with van der Waals surface area (Å²) in [6, 6.07) is 7.76. The van der Waals surface area contributed by atoms with Gasteiger partial charge in [0.2, 0.25) is 0 Å². The number of benzene rings is 1. The summed E-state index contributed by atoms with van der Waals surface area (Å²) in [5, 5.41) is 4.10. The van der Waals surface area contributed by atoms with Crippen molar-refractivity contribution in [2.24, 2.45) is 0 Å². The van der Waals surface area contributed by atoms with Gasteiger partial charge in [-0.1, -0.05) is 25.1 Å². The van der Waals surface area contributed by atoms with E-state index in [0.29, 0.717) is 13.0 Å². The number of hydrogen-bond acceptors (Lipinski definition) is 3. The number of carbonyl (C=O) groups is 1. The highest BCUT2D eigenvalue weighted by Gasteiger charge is 2.37. The van der Waals surface area contributed by atoms with Gasteiger partial charge in [0.1, 0.15) is 5.69 Å². The molecule has 2 aromatic rings. The van der Waals surface area contributed by atoms with Gasteiger partial charge in [0, 0.05) is 25.2 Å². The lowest BCUT2D eigenvalue weighted by Gasteiger charge is -2.24. The molecule has 1 amide bonds.